The maximum Gasteiger partial charge on any atom is 0.263 e. The van der Waals surface area contributed by atoms with Crippen LogP contribution < -0.4 is 15.5 Å². The van der Waals surface area contributed by atoms with Crippen molar-refractivity contribution in [2.24, 2.45) is 0 Å². The first-order valence-corrected chi connectivity index (χ1v) is 10.8. The van der Waals surface area contributed by atoms with E-state index in [1.807, 2.05) is 6.92 Å². The number of nitrogens with zero attached hydrogens (tertiary/aromatic N) is 1. The number of carbonyl (C=O) groups is 1. The summed E-state index contributed by atoms with van der Waals surface area (Å²) in [7, 11) is -3.98. The van der Waals surface area contributed by atoms with Crippen molar-refractivity contribution >= 4 is 15.9 Å². The summed E-state index contributed by atoms with van der Waals surface area (Å²) in [5.74, 6) is -0.730. The molecular weight excluding hydrogens is 413 g/mol. The Morgan fingerprint density at radius 3 is 2.67 bits per heavy atom. The van der Waals surface area contributed by atoms with E-state index in [9.17, 15) is 17.6 Å². The number of benzene rings is 2. The highest BCUT2D eigenvalue weighted by Crippen LogP contribution is 2.24. The molecule has 10 heteroatoms. The Bertz CT molecular complexity index is 1010. The fourth-order valence-electron chi connectivity index (χ4n) is 3.40. The summed E-state index contributed by atoms with van der Waals surface area (Å²) in [6, 6.07) is 8.68. The van der Waals surface area contributed by atoms with Crippen LogP contribution in [0.5, 0.6) is 5.75 Å². The zero-order valence-electron chi connectivity index (χ0n) is 16.6. The minimum atomic E-state index is -3.98. The summed E-state index contributed by atoms with van der Waals surface area (Å²) in [5, 5.41) is 12.0. The number of sulfonamides is 1. The van der Waals surface area contributed by atoms with E-state index in [-0.39, 0.29) is 23.9 Å². The lowest BCUT2D eigenvalue weighted by atomic mass is 10.1. The standard InChI is InChI=1S/C20H24FN3O5S/c1-13-3-4-16(21)11-15(13)12-29-17-5-7-18(8-6-17)30(27,28)24-10-9-22-14(2)19(24)20(25)23-26/h3-8,11,14,19,22,26H,9-10,12H2,1-2H3,(H,23,25). The van der Waals surface area contributed by atoms with Crippen molar-refractivity contribution in [2.45, 2.75) is 37.4 Å². The Morgan fingerprint density at radius 1 is 1.30 bits per heavy atom. The number of halogens is 1. The van der Waals surface area contributed by atoms with Gasteiger partial charge in [-0.15, -0.1) is 0 Å². The second kappa shape index (κ2) is 9.09. The Hall–Kier alpha value is -2.53. The van der Waals surface area contributed by atoms with Crippen molar-refractivity contribution in [3.05, 3.63) is 59.4 Å². The summed E-state index contributed by atoms with van der Waals surface area (Å²) >= 11 is 0. The minimum Gasteiger partial charge on any atom is -0.489 e. The first kappa shape index (κ1) is 22.2. The Morgan fingerprint density at radius 2 is 2.00 bits per heavy atom. The molecule has 30 heavy (non-hydrogen) atoms. The van der Waals surface area contributed by atoms with Gasteiger partial charge in [-0.2, -0.15) is 4.31 Å². The van der Waals surface area contributed by atoms with Crippen LogP contribution in [-0.4, -0.2) is 49.0 Å². The molecule has 1 amide bonds. The fraction of sp³-hybridized carbons (Fsp3) is 0.350. The molecule has 0 aliphatic carbocycles. The van der Waals surface area contributed by atoms with E-state index in [1.165, 1.54) is 41.9 Å². The number of aryl methyl sites for hydroxylation is 1. The predicted molar refractivity (Wildman–Crippen MR) is 107 cm³/mol. The molecule has 2 aromatic carbocycles. The number of ether oxygens (including phenoxy) is 1. The fourth-order valence-corrected chi connectivity index (χ4v) is 5.06. The van der Waals surface area contributed by atoms with Crippen LogP contribution in [-0.2, 0) is 21.4 Å². The lowest BCUT2D eigenvalue weighted by molar-refractivity contribution is -0.134. The van der Waals surface area contributed by atoms with E-state index < -0.39 is 28.0 Å². The van der Waals surface area contributed by atoms with Gasteiger partial charge in [0, 0.05) is 19.1 Å². The number of hydrogen-bond donors (Lipinski definition) is 3. The van der Waals surface area contributed by atoms with Crippen molar-refractivity contribution < 1.29 is 27.5 Å². The van der Waals surface area contributed by atoms with Crippen LogP contribution in [0.1, 0.15) is 18.1 Å². The third-order valence-electron chi connectivity index (χ3n) is 5.10. The number of hydroxylamine groups is 1. The predicted octanol–water partition coefficient (Wildman–Crippen LogP) is 1.57. The van der Waals surface area contributed by atoms with Crippen LogP contribution in [0.25, 0.3) is 0 Å². The molecule has 1 heterocycles. The van der Waals surface area contributed by atoms with Gasteiger partial charge in [0.2, 0.25) is 10.0 Å². The molecule has 162 valence electrons. The van der Waals surface area contributed by atoms with Gasteiger partial charge in [-0.05, 0) is 61.4 Å². The van der Waals surface area contributed by atoms with E-state index in [1.54, 1.807) is 13.0 Å². The molecule has 0 spiro atoms. The van der Waals surface area contributed by atoms with Crippen LogP contribution in [0.3, 0.4) is 0 Å². The molecule has 2 atom stereocenters. The first-order chi connectivity index (χ1) is 14.2. The quantitative estimate of drug-likeness (QED) is 0.468. The van der Waals surface area contributed by atoms with Crippen molar-refractivity contribution in [3.8, 4) is 5.75 Å². The van der Waals surface area contributed by atoms with E-state index in [4.69, 9.17) is 9.94 Å². The van der Waals surface area contributed by atoms with Gasteiger partial charge in [0.15, 0.2) is 0 Å². The number of carbonyl (C=O) groups excluding carboxylic acids is 1. The molecule has 0 aromatic heterocycles. The molecule has 1 saturated heterocycles. The van der Waals surface area contributed by atoms with E-state index in [0.717, 1.165) is 9.87 Å². The van der Waals surface area contributed by atoms with Gasteiger partial charge in [-0.1, -0.05) is 6.07 Å². The molecule has 3 N–H and O–H groups in total. The van der Waals surface area contributed by atoms with Crippen molar-refractivity contribution in [1.29, 1.82) is 0 Å². The normalized spacial score (nSPS) is 20.0. The molecule has 3 rings (SSSR count). The molecule has 1 fully saturated rings. The number of rotatable bonds is 6. The smallest absolute Gasteiger partial charge is 0.263 e. The maximum absolute atomic E-state index is 13.4. The number of piperazine rings is 1. The molecule has 0 radical (unpaired) electrons. The Labute approximate surface area is 174 Å². The lowest BCUT2D eigenvalue weighted by Crippen LogP contribution is -2.63. The van der Waals surface area contributed by atoms with Gasteiger partial charge >= 0.3 is 0 Å². The van der Waals surface area contributed by atoms with Crippen LogP contribution in [0.4, 0.5) is 4.39 Å². The largest absolute Gasteiger partial charge is 0.489 e. The highest BCUT2D eigenvalue weighted by molar-refractivity contribution is 7.89. The van der Waals surface area contributed by atoms with E-state index >= 15 is 0 Å². The summed E-state index contributed by atoms with van der Waals surface area (Å²) in [4.78, 5) is 12.0. The van der Waals surface area contributed by atoms with Gasteiger partial charge in [-0.3, -0.25) is 10.0 Å². The summed E-state index contributed by atoms with van der Waals surface area (Å²) in [6.45, 7) is 4.13. The summed E-state index contributed by atoms with van der Waals surface area (Å²) in [5.41, 5.74) is 3.12. The van der Waals surface area contributed by atoms with E-state index in [0.29, 0.717) is 17.9 Å². The zero-order chi connectivity index (χ0) is 21.9. The first-order valence-electron chi connectivity index (χ1n) is 9.41. The second-order valence-corrected chi connectivity index (χ2v) is 9.00. The third-order valence-corrected chi connectivity index (χ3v) is 6.99. The van der Waals surface area contributed by atoms with Gasteiger partial charge in [0.05, 0.1) is 4.90 Å². The number of hydrogen-bond acceptors (Lipinski definition) is 6. The maximum atomic E-state index is 13.4. The van der Waals surface area contributed by atoms with Gasteiger partial charge in [0.25, 0.3) is 5.91 Å². The Kier molecular flexibility index (Phi) is 6.71. The van der Waals surface area contributed by atoms with Gasteiger partial charge < -0.3 is 10.1 Å². The van der Waals surface area contributed by atoms with Crippen LogP contribution in [0, 0.1) is 12.7 Å². The molecule has 2 unspecified atom stereocenters. The average molecular weight is 437 g/mol. The van der Waals surface area contributed by atoms with Crippen LogP contribution >= 0.6 is 0 Å². The third kappa shape index (κ3) is 4.62. The molecule has 0 saturated carbocycles. The highest BCUT2D eigenvalue weighted by atomic mass is 32.2. The van der Waals surface area contributed by atoms with Crippen molar-refractivity contribution in [1.82, 2.24) is 15.1 Å². The molecule has 1 aliphatic heterocycles. The van der Waals surface area contributed by atoms with E-state index in [2.05, 4.69) is 5.32 Å². The molecule has 1 aliphatic rings. The highest BCUT2D eigenvalue weighted by Gasteiger charge is 2.41. The van der Waals surface area contributed by atoms with Crippen LogP contribution in [0.2, 0.25) is 0 Å². The minimum absolute atomic E-state index is 0.00151. The SMILES string of the molecule is Cc1ccc(F)cc1COc1ccc(S(=O)(=O)N2CCNC(C)C2C(=O)NO)cc1. The van der Waals surface area contributed by atoms with Gasteiger partial charge in [-0.25, -0.2) is 18.3 Å². The van der Waals surface area contributed by atoms with Crippen molar-refractivity contribution in [3.63, 3.8) is 0 Å². The zero-order valence-corrected chi connectivity index (χ0v) is 17.4. The average Bonchev–Trinajstić information content (AvgIpc) is 2.74. The molecule has 0 bridgehead atoms. The number of nitrogens with one attached hydrogen (secondary N) is 2. The Balaban J connectivity index is 1.77. The topological polar surface area (TPSA) is 108 Å². The van der Waals surface area contributed by atoms with Crippen LogP contribution in [0.15, 0.2) is 47.4 Å². The lowest BCUT2D eigenvalue weighted by Gasteiger charge is -2.37. The van der Waals surface area contributed by atoms with Crippen molar-refractivity contribution in [2.75, 3.05) is 13.1 Å². The number of amides is 1. The molecule has 8 nitrogen and oxygen atoms in total. The summed E-state index contributed by atoms with van der Waals surface area (Å²) < 4.78 is 46.3. The van der Waals surface area contributed by atoms with Gasteiger partial charge in [0.1, 0.15) is 24.2 Å². The summed E-state index contributed by atoms with van der Waals surface area (Å²) in [6.07, 6.45) is 0. The molecular formula is C20H24FN3O5S. The second-order valence-electron chi connectivity index (χ2n) is 7.11. The molecule has 2 aromatic rings. The monoisotopic (exact) mass is 437 g/mol.